The Bertz CT molecular complexity index is 672. The van der Waals surface area contributed by atoms with Gasteiger partial charge in [-0.15, -0.1) is 0 Å². The summed E-state index contributed by atoms with van der Waals surface area (Å²) in [6.45, 7) is 0.624. The highest BCUT2D eigenvalue weighted by atomic mass is 16.7. The first-order valence-corrected chi connectivity index (χ1v) is 6.26. The average Bonchev–Trinajstić information content (AvgIpc) is 2.88. The summed E-state index contributed by atoms with van der Waals surface area (Å²) in [7, 11) is 1.83. The van der Waals surface area contributed by atoms with Gasteiger partial charge in [0.25, 0.3) is 0 Å². The van der Waals surface area contributed by atoms with Gasteiger partial charge in [0.2, 0.25) is 6.79 Å². The normalized spacial score (nSPS) is 12.7. The van der Waals surface area contributed by atoms with Gasteiger partial charge in [0.1, 0.15) is 5.82 Å². The Hall–Kier alpha value is -2.50. The van der Waals surface area contributed by atoms with E-state index in [0.717, 1.165) is 22.3 Å². The quantitative estimate of drug-likeness (QED) is 0.917. The van der Waals surface area contributed by atoms with Crippen LogP contribution in [0.4, 0.5) is 5.82 Å². The van der Waals surface area contributed by atoms with E-state index in [4.69, 9.17) is 14.6 Å². The lowest BCUT2D eigenvalue weighted by Crippen LogP contribution is -2.22. The molecule has 2 heterocycles. The Balaban J connectivity index is 2.00. The van der Waals surface area contributed by atoms with Crippen LogP contribution in [0.3, 0.4) is 0 Å². The van der Waals surface area contributed by atoms with Crippen molar-refractivity contribution in [3.05, 3.63) is 24.4 Å². The lowest BCUT2D eigenvalue weighted by atomic mass is 10.1. The van der Waals surface area contributed by atoms with Gasteiger partial charge in [-0.3, -0.25) is 4.79 Å². The SMILES string of the molecule is CN(CCC(=O)O)c1nccc2cc3c(cc12)OCO3. The van der Waals surface area contributed by atoms with E-state index in [9.17, 15) is 4.79 Å². The molecule has 3 rings (SSSR count). The third kappa shape index (κ3) is 2.20. The van der Waals surface area contributed by atoms with Crippen molar-refractivity contribution in [2.75, 3.05) is 25.3 Å². The fraction of sp³-hybridized carbons (Fsp3) is 0.286. The van der Waals surface area contributed by atoms with Crippen LogP contribution in [0.25, 0.3) is 10.8 Å². The van der Waals surface area contributed by atoms with E-state index < -0.39 is 5.97 Å². The van der Waals surface area contributed by atoms with Gasteiger partial charge in [0.15, 0.2) is 11.5 Å². The summed E-state index contributed by atoms with van der Waals surface area (Å²) in [4.78, 5) is 16.8. The van der Waals surface area contributed by atoms with Crippen LogP contribution in [0, 0.1) is 0 Å². The number of fused-ring (bicyclic) bond motifs is 2. The topological polar surface area (TPSA) is 71.9 Å². The first-order valence-electron chi connectivity index (χ1n) is 6.26. The minimum absolute atomic E-state index is 0.0686. The maximum atomic E-state index is 10.7. The molecule has 6 nitrogen and oxygen atoms in total. The van der Waals surface area contributed by atoms with Gasteiger partial charge in [-0.2, -0.15) is 0 Å². The fourth-order valence-corrected chi connectivity index (χ4v) is 2.22. The molecule has 0 atom stereocenters. The summed E-state index contributed by atoms with van der Waals surface area (Å²) >= 11 is 0. The molecular formula is C14H14N2O4. The highest BCUT2D eigenvalue weighted by Crippen LogP contribution is 2.38. The Morgan fingerprint density at radius 2 is 2.15 bits per heavy atom. The average molecular weight is 274 g/mol. The number of pyridine rings is 1. The van der Waals surface area contributed by atoms with Crippen molar-refractivity contribution in [2.24, 2.45) is 0 Å². The number of benzene rings is 1. The smallest absolute Gasteiger partial charge is 0.305 e. The standard InChI is InChI=1S/C14H14N2O4/c1-16(5-3-13(17)18)14-10-7-12-11(19-8-20-12)6-9(10)2-4-15-14/h2,4,6-7H,3,5,8H2,1H3,(H,17,18). The lowest BCUT2D eigenvalue weighted by molar-refractivity contribution is -0.136. The van der Waals surface area contributed by atoms with Crippen molar-refractivity contribution >= 4 is 22.6 Å². The molecule has 0 spiro atoms. The van der Waals surface area contributed by atoms with Crippen LogP contribution in [0.1, 0.15) is 6.42 Å². The molecule has 1 aliphatic heterocycles. The number of carbonyl (C=O) groups is 1. The molecule has 0 saturated heterocycles. The van der Waals surface area contributed by atoms with Crippen molar-refractivity contribution in [1.29, 1.82) is 0 Å². The largest absolute Gasteiger partial charge is 0.481 e. The molecule has 104 valence electrons. The fourth-order valence-electron chi connectivity index (χ4n) is 2.22. The van der Waals surface area contributed by atoms with Gasteiger partial charge in [-0.1, -0.05) is 0 Å². The number of anilines is 1. The summed E-state index contributed by atoms with van der Waals surface area (Å²) in [5.41, 5.74) is 0. The minimum Gasteiger partial charge on any atom is -0.481 e. The number of carboxylic acid groups (broad SMARTS) is 1. The lowest BCUT2D eigenvalue weighted by Gasteiger charge is -2.19. The highest BCUT2D eigenvalue weighted by Gasteiger charge is 2.17. The zero-order chi connectivity index (χ0) is 14.1. The first-order chi connectivity index (χ1) is 9.65. The molecular weight excluding hydrogens is 260 g/mol. The third-order valence-electron chi connectivity index (χ3n) is 3.26. The zero-order valence-electron chi connectivity index (χ0n) is 11.0. The van der Waals surface area contributed by atoms with E-state index in [1.807, 2.05) is 30.1 Å². The molecule has 6 heteroatoms. The van der Waals surface area contributed by atoms with Crippen molar-refractivity contribution in [3.63, 3.8) is 0 Å². The maximum absolute atomic E-state index is 10.7. The van der Waals surface area contributed by atoms with E-state index in [-0.39, 0.29) is 13.2 Å². The number of carboxylic acids is 1. The number of aromatic nitrogens is 1. The summed E-state index contributed by atoms with van der Waals surface area (Å²) in [6.07, 6.45) is 1.77. The number of rotatable bonds is 4. The van der Waals surface area contributed by atoms with Crippen LogP contribution in [-0.2, 0) is 4.79 Å². The minimum atomic E-state index is -0.824. The summed E-state index contributed by atoms with van der Waals surface area (Å²) in [6, 6.07) is 5.69. The molecule has 1 aromatic heterocycles. The molecule has 0 unspecified atom stereocenters. The number of aliphatic carboxylic acids is 1. The molecule has 0 fully saturated rings. The molecule has 0 radical (unpaired) electrons. The second kappa shape index (κ2) is 4.88. The van der Waals surface area contributed by atoms with Crippen molar-refractivity contribution < 1.29 is 19.4 Å². The highest BCUT2D eigenvalue weighted by molar-refractivity contribution is 5.94. The molecule has 1 aromatic carbocycles. The van der Waals surface area contributed by atoms with Crippen molar-refractivity contribution in [3.8, 4) is 11.5 Å². The summed E-state index contributed by atoms with van der Waals surface area (Å²) < 4.78 is 10.7. The second-order valence-electron chi connectivity index (χ2n) is 4.63. The zero-order valence-corrected chi connectivity index (χ0v) is 11.0. The Labute approximate surface area is 115 Å². The van der Waals surface area contributed by atoms with Crippen LogP contribution in [-0.4, -0.2) is 36.4 Å². The number of hydrogen-bond donors (Lipinski definition) is 1. The predicted molar refractivity (Wildman–Crippen MR) is 73.4 cm³/mol. The van der Waals surface area contributed by atoms with Gasteiger partial charge >= 0.3 is 5.97 Å². The van der Waals surface area contributed by atoms with E-state index in [2.05, 4.69) is 4.98 Å². The molecule has 1 N–H and O–H groups in total. The maximum Gasteiger partial charge on any atom is 0.305 e. The molecule has 1 aliphatic rings. The summed E-state index contributed by atoms with van der Waals surface area (Å²) in [5.74, 6) is 1.33. The van der Waals surface area contributed by atoms with Crippen molar-refractivity contribution in [2.45, 2.75) is 6.42 Å². The van der Waals surface area contributed by atoms with E-state index in [0.29, 0.717) is 12.3 Å². The Morgan fingerprint density at radius 3 is 2.90 bits per heavy atom. The van der Waals surface area contributed by atoms with Crippen molar-refractivity contribution in [1.82, 2.24) is 4.98 Å². The number of ether oxygens (including phenoxy) is 2. The van der Waals surface area contributed by atoms with Gasteiger partial charge in [0.05, 0.1) is 6.42 Å². The van der Waals surface area contributed by atoms with E-state index in [1.165, 1.54) is 0 Å². The third-order valence-corrected chi connectivity index (χ3v) is 3.26. The molecule has 0 bridgehead atoms. The summed E-state index contributed by atoms with van der Waals surface area (Å²) in [5, 5.41) is 10.7. The number of hydrogen-bond acceptors (Lipinski definition) is 5. The van der Waals surface area contributed by atoms with Crippen LogP contribution in [0.15, 0.2) is 24.4 Å². The molecule has 20 heavy (non-hydrogen) atoms. The van der Waals surface area contributed by atoms with Crippen LogP contribution in [0.2, 0.25) is 0 Å². The Kier molecular flexibility index (Phi) is 3.06. The van der Waals surface area contributed by atoms with E-state index >= 15 is 0 Å². The molecule has 0 saturated carbocycles. The molecule has 2 aromatic rings. The van der Waals surface area contributed by atoms with Crippen LogP contribution < -0.4 is 14.4 Å². The van der Waals surface area contributed by atoms with Gasteiger partial charge in [-0.25, -0.2) is 4.98 Å². The molecule has 0 aliphatic carbocycles. The predicted octanol–water partition coefficient (Wildman–Crippen LogP) is 1.87. The number of nitrogens with zero attached hydrogens (tertiary/aromatic N) is 2. The molecule has 0 amide bonds. The first kappa shape index (κ1) is 12.5. The van der Waals surface area contributed by atoms with Gasteiger partial charge in [-0.05, 0) is 23.6 Å². The van der Waals surface area contributed by atoms with E-state index in [1.54, 1.807) is 6.20 Å². The van der Waals surface area contributed by atoms with Gasteiger partial charge < -0.3 is 19.5 Å². The van der Waals surface area contributed by atoms with Crippen LogP contribution >= 0.6 is 0 Å². The van der Waals surface area contributed by atoms with Crippen LogP contribution in [0.5, 0.6) is 11.5 Å². The monoisotopic (exact) mass is 274 g/mol. The Morgan fingerprint density at radius 1 is 1.40 bits per heavy atom. The van der Waals surface area contributed by atoms with Gasteiger partial charge in [0, 0.05) is 25.2 Å². The second-order valence-corrected chi connectivity index (χ2v) is 4.63.